The number of ether oxygens (including phenoxy) is 2. The van der Waals surface area contributed by atoms with Gasteiger partial charge in [0.05, 0.1) is 19.6 Å². The van der Waals surface area contributed by atoms with Gasteiger partial charge in [-0.3, -0.25) is 4.79 Å². The molecule has 0 bridgehead atoms. The smallest absolute Gasteiger partial charge is 0.307 e. The number of carboxylic acids is 1. The Hall–Kier alpha value is -1.29. The second-order valence-corrected chi connectivity index (χ2v) is 3.69. The molecule has 4 nitrogen and oxygen atoms in total. The quantitative estimate of drug-likeness (QED) is 0.560. The van der Waals surface area contributed by atoms with Crippen molar-refractivity contribution in [2.24, 2.45) is 0 Å². The van der Waals surface area contributed by atoms with Crippen LogP contribution < -0.4 is 0 Å². The van der Waals surface area contributed by atoms with Crippen molar-refractivity contribution in [3.05, 3.63) is 23.0 Å². The zero-order valence-corrected chi connectivity index (χ0v) is 10.5. The van der Waals surface area contributed by atoms with E-state index in [0.29, 0.717) is 5.76 Å². The van der Waals surface area contributed by atoms with Crippen molar-refractivity contribution in [3.63, 3.8) is 0 Å². The Morgan fingerprint density at radius 1 is 1.38 bits per heavy atom. The molecule has 0 aromatic heterocycles. The zero-order chi connectivity index (χ0) is 12.7. The molecular formula is C12H20O4. The number of aliphatic carboxylic acids is 1. The first-order valence-electron chi connectivity index (χ1n) is 5.08. The van der Waals surface area contributed by atoms with Crippen molar-refractivity contribution >= 4 is 5.97 Å². The van der Waals surface area contributed by atoms with Crippen molar-refractivity contribution in [2.45, 2.75) is 33.3 Å². The third-order valence-electron chi connectivity index (χ3n) is 2.38. The van der Waals surface area contributed by atoms with Gasteiger partial charge in [0.15, 0.2) is 0 Å². The normalized spacial score (nSPS) is 15.4. The lowest BCUT2D eigenvalue weighted by atomic mass is 10.1. The number of carboxylic acid groups (broad SMARTS) is 1. The number of hydrogen-bond donors (Lipinski definition) is 1. The van der Waals surface area contributed by atoms with Gasteiger partial charge in [-0.15, -0.1) is 0 Å². The van der Waals surface area contributed by atoms with E-state index in [4.69, 9.17) is 14.6 Å². The van der Waals surface area contributed by atoms with Gasteiger partial charge >= 0.3 is 5.97 Å². The van der Waals surface area contributed by atoms with E-state index in [2.05, 4.69) is 0 Å². The number of carbonyl (C=O) groups is 1. The van der Waals surface area contributed by atoms with Gasteiger partial charge in [0.2, 0.25) is 0 Å². The average molecular weight is 228 g/mol. The summed E-state index contributed by atoms with van der Waals surface area (Å²) in [5, 5.41) is 8.64. The van der Waals surface area contributed by atoms with Crippen LogP contribution in [0.15, 0.2) is 23.0 Å². The summed E-state index contributed by atoms with van der Waals surface area (Å²) in [6.07, 6.45) is 1.70. The monoisotopic (exact) mass is 228 g/mol. The molecule has 0 fully saturated rings. The lowest BCUT2D eigenvalue weighted by Crippen LogP contribution is -2.09. The minimum atomic E-state index is -0.846. The summed E-state index contributed by atoms with van der Waals surface area (Å²) in [4.78, 5) is 10.5. The highest BCUT2D eigenvalue weighted by Gasteiger charge is 2.09. The number of rotatable bonds is 6. The van der Waals surface area contributed by atoms with Crippen LogP contribution in [0, 0.1) is 0 Å². The fourth-order valence-electron chi connectivity index (χ4n) is 1.22. The van der Waals surface area contributed by atoms with Crippen molar-refractivity contribution in [3.8, 4) is 0 Å². The molecule has 0 aliphatic heterocycles. The van der Waals surface area contributed by atoms with Gasteiger partial charge in [-0.1, -0.05) is 5.57 Å². The predicted octanol–water partition coefficient (Wildman–Crippen LogP) is 2.36. The second-order valence-electron chi connectivity index (χ2n) is 3.69. The summed E-state index contributed by atoms with van der Waals surface area (Å²) in [6.45, 7) is 5.57. The standard InChI is InChI=1S/C12H20O4/c1-8(7-12(13)14)6-11(16-5)9(2)10(3)15-4/h6,10H,7H2,1-5H3,(H,13,14)/b8-6+,11-9-. The van der Waals surface area contributed by atoms with Crippen LogP contribution in [0.4, 0.5) is 0 Å². The molecule has 1 unspecified atom stereocenters. The van der Waals surface area contributed by atoms with Crippen LogP contribution >= 0.6 is 0 Å². The number of allylic oxidation sites excluding steroid dienone is 1. The second kappa shape index (κ2) is 7.06. The van der Waals surface area contributed by atoms with E-state index in [1.165, 1.54) is 0 Å². The maximum absolute atomic E-state index is 10.5. The molecule has 0 rings (SSSR count). The Morgan fingerprint density at radius 3 is 2.31 bits per heavy atom. The first-order chi connectivity index (χ1) is 7.42. The van der Waals surface area contributed by atoms with E-state index < -0.39 is 5.97 Å². The third-order valence-corrected chi connectivity index (χ3v) is 2.38. The van der Waals surface area contributed by atoms with Crippen molar-refractivity contribution < 1.29 is 19.4 Å². The zero-order valence-electron chi connectivity index (χ0n) is 10.5. The Balaban J connectivity index is 4.92. The van der Waals surface area contributed by atoms with Crippen LogP contribution in [-0.2, 0) is 14.3 Å². The topological polar surface area (TPSA) is 55.8 Å². The molecule has 0 saturated heterocycles. The lowest BCUT2D eigenvalue weighted by molar-refractivity contribution is -0.136. The molecule has 4 heteroatoms. The molecule has 1 atom stereocenters. The first kappa shape index (κ1) is 14.7. The van der Waals surface area contributed by atoms with Crippen LogP contribution in [0.2, 0.25) is 0 Å². The first-order valence-corrected chi connectivity index (χ1v) is 5.08. The van der Waals surface area contributed by atoms with Gasteiger partial charge in [0.25, 0.3) is 0 Å². The molecule has 0 radical (unpaired) electrons. The summed E-state index contributed by atoms with van der Waals surface area (Å²) in [6, 6.07) is 0. The van der Waals surface area contributed by atoms with Crippen LogP contribution in [0.3, 0.4) is 0 Å². The molecular weight excluding hydrogens is 208 g/mol. The van der Waals surface area contributed by atoms with Gasteiger partial charge in [0, 0.05) is 7.11 Å². The molecule has 0 amide bonds. The van der Waals surface area contributed by atoms with E-state index in [1.54, 1.807) is 27.2 Å². The molecule has 0 aliphatic rings. The van der Waals surface area contributed by atoms with E-state index in [9.17, 15) is 4.79 Å². The highest BCUT2D eigenvalue weighted by atomic mass is 16.5. The predicted molar refractivity (Wildman–Crippen MR) is 62.2 cm³/mol. The van der Waals surface area contributed by atoms with Crippen molar-refractivity contribution in [1.29, 1.82) is 0 Å². The Labute approximate surface area is 96.6 Å². The number of hydrogen-bond acceptors (Lipinski definition) is 3. The lowest BCUT2D eigenvalue weighted by Gasteiger charge is -2.14. The summed E-state index contributed by atoms with van der Waals surface area (Å²) < 4.78 is 10.4. The Kier molecular flexibility index (Phi) is 6.49. The molecule has 0 heterocycles. The number of methoxy groups -OCH3 is 2. The minimum Gasteiger partial charge on any atom is -0.497 e. The van der Waals surface area contributed by atoms with E-state index in [-0.39, 0.29) is 12.5 Å². The maximum Gasteiger partial charge on any atom is 0.307 e. The Bertz CT molecular complexity index is 302. The molecule has 0 aromatic carbocycles. The fraction of sp³-hybridized carbons (Fsp3) is 0.583. The largest absolute Gasteiger partial charge is 0.497 e. The van der Waals surface area contributed by atoms with Gasteiger partial charge in [0.1, 0.15) is 5.76 Å². The molecule has 0 aliphatic carbocycles. The summed E-state index contributed by atoms with van der Waals surface area (Å²) >= 11 is 0. The Morgan fingerprint density at radius 2 is 1.94 bits per heavy atom. The van der Waals surface area contributed by atoms with E-state index >= 15 is 0 Å². The van der Waals surface area contributed by atoms with Gasteiger partial charge in [-0.05, 0) is 32.4 Å². The van der Waals surface area contributed by atoms with E-state index in [1.807, 2.05) is 13.8 Å². The molecule has 92 valence electrons. The summed E-state index contributed by atoms with van der Waals surface area (Å²) in [7, 11) is 3.18. The van der Waals surface area contributed by atoms with E-state index in [0.717, 1.165) is 11.1 Å². The van der Waals surface area contributed by atoms with Crippen LogP contribution in [0.5, 0.6) is 0 Å². The maximum atomic E-state index is 10.5. The summed E-state index contributed by atoms with van der Waals surface area (Å²) in [5.74, 6) is -0.185. The van der Waals surface area contributed by atoms with Crippen LogP contribution in [-0.4, -0.2) is 31.4 Å². The van der Waals surface area contributed by atoms with Crippen LogP contribution in [0.1, 0.15) is 27.2 Å². The van der Waals surface area contributed by atoms with Gasteiger partial charge in [-0.25, -0.2) is 0 Å². The van der Waals surface area contributed by atoms with Crippen molar-refractivity contribution in [2.75, 3.05) is 14.2 Å². The average Bonchev–Trinajstić information content (AvgIpc) is 2.22. The fourth-order valence-corrected chi connectivity index (χ4v) is 1.22. The van der Waals surface area contributed by atoms with Crippen LogP contribution in [0.25, 0.3) is 0 Å². The molecule has 0 saturated carbocycles. The molecule has 1 N–H and O–H groups in total. The molecule has 16 heavy (non-hydrogen) atoms. The minimum absolute atomic E-state index is 0.0154. The summed E-state index contributed by atoms with van der Waals surface area (Å²) in [5.41, 5.74) is 1.68. The third kappa shape index (κ3) is 4.98. The SMILES string of the molecule is COC(/C=C(\C)CC(=O)O)=C(/C)C(C)OC. The van der Waals surface area contributed by atoms with Crippen molar-refractivity contribution in [1.82, 2.24) is 0 Å². The molecule has 0 spiro atoms. The highest BCUT2D eigenvalue weighted by molar-refractivity contribution is 5.70. The van der Waals surface area contributed by atoms with Gasteiger partial charge in [-0.2, -0.15) is 0 Å². The van der Waals surface area contributed by atoms with Gasteiger partial charge < -0.3 is 14.6 Å². The molecule has 0 aromatic rings. The highest BCUT2D eigenvalue weighted by Crippen LogP contribution is 2.15.